The Bertz CT molecular complexity index is 184. The highest BCUT2D eigenvalue weighted by atomic mass is 35.5. The van der Waals surface area contributed by atoms with Gasteiger partial charge < -0.3 is 0 Å². The number of rotatable bonds is 1. The number of allylic oxidation sites excluding steroid dienone is 4. The Balaban J connectivity index is 4.36. The first-order valence-electron chi connectivity index (χ1n) is 2.92. The van der Waals surface area contributed by atoms with Gasteiger partial charge in [0.05, 0.1) is 0 Å². The molecule has 0 aliphatic rings. The van der Waals surface area contributed by atoms with Gasteiger partial charge in [-0.1, -0.05) is 17.7 Å². The summed E-state index contributed by atoms with van der Waals surface area (Å²) >= 11 is 5.32. The Morgan fingerprint density at radius 3 is 1.91 bits per heavy atom. The molecular weight excluding hydrogens is 177 g/mol. The second-order valence-corrected chi connectivity index (χ2v) is 2.70. The van der Waals surface area contributed by atoms with Crippen LogP contribution in [0.25, 0.3) is 0 Å². The summed E-state index contributed by atoms with van der Waals surface area (Å²) < 4.78 is 35.3. The van der Waals surface area contributed by atoms with Gasteiger partial charge in [0.1, 0.15) is 0 Å². The van der Waals surface area contributed by atoms with E-state index in [2.05, 4.69) is 0 Å². The molecule has 64 valence electrons. The smallest absolute Gasteiger partial charge is 0.166 e. The normalized spacial score (nSPS) is 15.5. The Morgan fingerprint density at radius 1 is 1.18 bits per heavy atom. The molecule has 0 nitrogen and oxygen atoms in total. The van der Waals surface area contributed by atoms with Crippen molar-refractivity contribution in [2.75, 3.05) is 0 Å². The lowest BCUT2D eigenvalue weighted by atomic mass is 10.2. The number of hydrogen-bond donors (Lipinski definition) is 0. The monoisotopic (exact) mass is 184 g/mol. The van der Waals surface area contributed by atoms with Crippen molar-refractivity contribution in [1.29, 1.82) is 0 Å². The van der Waals surface area contributed by atoms with Crippen LogP contribution in [0.5, 0.6) is 0 Å². The zero-order chi connectivity index (χ0) is 9.07. The molecule has 0 fully saturated rings. The number of hydrogen-bond acceptors (Lipinski definition) is 0. The molecule has 0 rings (SSSR count). The van der Waals surface area contributed by atoms with Crippen LogP contribution >= 0.6 is 11.6 Å². The van der Waals surface area contributed by atoms with E-state index in [1.807, 2.05) is 0 Å². The molecule has 0 saturated carbocycles. The molecule has 0 aliphatic carbocycles. The van der Waals surface area contributed by atoms with Gasteiger partial charge in [-0.15, -0.1) is 0 Å². The van der Waals surface area contributed by atoms with E-state index in [1.54, 1.807) is 0 Å². The third-order valence-electron chi connectivity index (χ3n) is 1.01. The summed E-state index contributed by atoms with van der Waals surface area (Å²) in [5.41, 5.74) is -0.655. The van der Waals surface area contributed by atoms with E-state index in [-0.39, 0.29) is 0 Å². The van der Waals surface area contributed by atoms with Gasteiger partial charge in [-0.3, -0.25) is 0 Å². The van der Waals surface area contributed by atoms with E-state index in [4.69, 9.17) is 11.6 Å². The minimum atomic E-state index is -4.25. The molecule has 4 heteroatoms. The van der Waals surface area contributed by atoms with Crippen molar-refractivity contribution < 1.29 is 13.2 Å². The van der Waals surface area contributed by atoms with Crippen LogP contribution in [0.4, 0.5) is 13.2 Å². The van der Waals surface area contributed by atoms with Crippen molar-refractivity contribution in [3.05, 3.63) is 22.8 Å². The molecule has 0 bridgehead atoms. The minimum Gasteiger partial charge on any atom is -0.166 e. The molecular formula is C7H8ClF3. The molecule has 0 spiro atoms. The second kappa shape index (κ2) is 3.81. The van der Waals surface area contributed by atoms with Gasteiger partial charge in [0.15, 0.2) is 0 Å². The highest BCUT2D eigenvalue weighted by Gasteiger charge is 2.29. The fourth-order valence-corrected chi connectivity index (χ4v) is 0.397. The Labute approximate surface area is 68.3 Å². The predicted octanol–water partition coefficient (Wildman–Crippen LogP) is 3.64. The fourth-order valence-electron chi connectivity index (χ4n) is 0.334. The van der Waals surface area contributed by atoms with E-state index >= 15 is 0 Å². The summed E-state index contributed by atoms with van der Waals surface area (Å²) in [6.07, 6.45) is -2.09. The van der Waals surface area contributed by atoms with Crippen molar-refractivity contribution >= 4 is 11.6 Å². The number of alkyl halides is 3. The van der Waals surface area contributed by atoms with Gasteiger partial charge in [-0.05, 0) is 19.9 Å². The molecule has 0 radical (unpaired) electrons. The summed E-state index contributed by atoms with van der Waals surface area (Å²) in [5, 5.41) is 0.327. The van der Waals surface area contributed by atoms with E-state index in [0.29, 0.717) is 5.03 Å². The van der Waals surface area contributed by atoms with E-state index in [1.165, 1.54) is 13.0 Å². The molecule has 11 heavy (non-hydrogen) atoms. The van der Waals surface area contributed by atoms with Gasteiger partial charge in [-0.2, -0.15) is 13.2 Å². The van der Waals surface area contributed by atoms with Crippen LogP contribution in [0.2, 0.25) is 0 Å². The van der Waals surface area contributed by atoms with Crippen molar-refractivity contribution in [3.63, 3.8) is 0 Å². The fraction of sp³-hybridized carbons (Fsp3) is 0.429. The molecule has 0 aromatic heterocycles. The zero-order valence-electron chi connectivity index (χ0n) is 6.17. The van der Waals surface area contributed by atoms with Gasteiger partial charge >= 0.3 is 6.18 Å². The first-order chi connectivity index (χ1) is 4.84. The van der Waals surface area contributed by atoms with E-state index in [0.717, 1.165) is 13.0 Å². The third-order valence-corrected chi connectivity index (χ3v) is 1.14. The van der Waals surface area contributed by atoms with Gasteiger partial charge in [0, 0.05) is 10.6 Å². The minimum absolute atomic E-state index is 0.327. The maximum atomic E-state index is 11.8. The summed E-state index contributed by atoms with van der Waals surface area (Å²) in [6, 6.07) is 0. The summed E-state index contributed by atoms with van der Waals surface area (Å²) in [5.74, 6) is 0. The standard InChI is InChI=1S/C7H8ClF3/c1-5(7(9,10)11)3-4-6(2)8/h3-4H,1-2H3. The van der Waals surface area contributed by atoms with Crippen molar-refractivity contribution in [1.82, 2.24) is 0 Å². The average Bonchev–Trinajstić information content (AvgIpc) is 1.80. The van der Waals surface area contributed by atoms with E-state index < -0.39 is 11.7 Å². The molecule has 0 saturated heterocycles. The first kappa shape index (κ1) is 10.6. The zero-order valence-corrected chi connectivity index (χ0v) is 6.92. The first-order valence-corrected chi connectivity index (χ1v) is 3.29. The lowest BCUT2D eigenvalue weighted by Crippen LogP contribution is -2.08. The van der Waals surface area contributed by atoms with Crippen LogP contribution in [0.15, 0.2) is 22.8 Å². The molecule has 0 amide bonds. The highest BCUT2D eigenvalue weighted by Crippen LogP contribution is 2.24. The Morgan fingerprint density at radius 2 is 1.64 bits per heavy atom. The van der Waals surface area contributed by atoms with E-state index in [9.17, 15) is 13.2 Å². The molecule has 0 unspecified atom stereocenters. The van der Waals surface area contributed by atoms with Crippen molar-refractivity contribution in [3.8, 4) is 0 Å². The molecule has 0 aromatic rings. The predicted molar refractivity (Wildman–Crippen MR) is 39.4 cm³/mol. The van der Waals surface area contributed by atoms with Crippen LogP contribution in [0.3, 0.4) is 0 Å². The van der Waals surface area contributed by atoms with Crippen LogP contribution in [-0.4, -0.2) is 6.18 Å². The largest absolute Gasteiger partial charge is 0.412 e. The van der Waals surface area contributed by atoms with Crippen LogP contribution in [0.1, 0.15) is 13.8 Å². The molecule has 0 heterocycles. The molecule has 0 aromatic carbocycles. The molecule has 0 N–H and O–H groups in total. The van der Waals surface area contributed by atoms with Gasteiger partial charge in [0.2, 0.25) is 0 Å². The van der Waals surface area contributed by atoms with Crippen molar-refractivity contribution in [2.45, 2.75) is 20.0 Å². The highest BCUT2D eigenvalue weighted by molar-refractivity contribution is 6.29. The Hall–Kier alpha value is -0.440. The van der Waals surface area contributed by atoms with Crippen LogP contribution in [-0.2, 0) is 0 Å². The lowest BCUT2D eigenvalue weighted by molar-refractivity contribution is -0.0912. The average molecular weight is 185 g/mol. The number of halogens is 4. The molecule has 0 aliphatic heterocycles. The summed E-state index contributed by atoms with van der Waals surface area (Å²) in [4.78, 5) is 0. The van der Waals surface area contributed by atoms with Gasteiger partial charge in [0.25, 0.3) is 0 Å². The summed E-state index contributed by atoms with van der Waals surface area (Å²) in [6.45, 7) is 2.51. The lowest BCUT2D eigenvalue weighted by Gasteiger charge is -2.03. The third kappa shape index (κ3) is 4.90. The maximum absolute atomic E-state index is 11.8. The van der Waals surface area contributed by atoms with Gasteiger partial charge in [-0.25, -0.2) is 0 Å². The van der Waals surface area contributed by atoms with Crippen LogP contribution < -0.4 is 0 Å². The maximum Gasteiger partial charge on any atom is 0.412 e. The second-order valence-electron chi connectivity index (χ2n) is 2.10. The van der Waals surface area contributed by atoms with Crippen LogP contribution in [0, 0.1) is 0 Å². The topological polar surface area (TPSA) is 0 Å². The summed E-state index contributed by atoms with van der Waals surface area (Å²) in [7, 11) is 0. The molecule has 0 atom stereocenters. The Kier molecular flexibility index (Phi) is 3.66. The van der Waals surface area contributed by atoms with Crippen molar-refractivity contribution in [2.24, 2.45) is 0 Å². The SMILES string of the molecule is CC(Cl)=CC=C(C)C(F)(F)F. The quantitative estimate of drug-likeness (QED) is 0.546.